The Bertz CT molecular complexity index is 130. The summed E-state index contributed by atoms with van der Waals surface area (Å²) in [4.78, 5) is 0. The Morgan fingerprint density at radius 2 is 2.25 bits per heavy atom. The van der Waals surface area contributed by atoms with Crippen LogP contribution in [0, 0.1) is 5.41 Å². The molecule has 1 aliphatic rings. The quantitative estimate of drug-likeness (QED) is 0.382. The minimum absolute atomic E-state index is 0.408. The van der Waals surface area contributed by atoms with Crippen molar-refractivity contribution in [1.82, 2.24) is 0 Å². The van der Waals surface area contributed by atoms with Gasteiger partial charge in [-0.15, -0.1) is 6.58 Å². The molecule has 46 valence electrons. The zero-order valence-electron chi connectivity index (χ0n) is 4.75. The van der Waals surface area contributed by atoms with E-state index in [1.54, 1.807) is 13.0 Å². The van der Waals surface area contributed by atoms with Crippen molar-refractivity contribution >= 4 is 11.6 Å². The van der Waals surface area contributed by atoms with Crippen LogP contribution in [-0.4, -0.2) is 5.13 Å². The second kappa shape index (κ2) is 1.27. The summed E-state index contributed by atoms with van der Waals surface area (Å²) in [6.07, 6.45) is 1.98. The lowest BCUT2D eigenvalue weighted by atomic mass is 10.1. The fourth-order valence-corrected chi connectivity index (χ4v) is 0.993. The SMILES string of the molecule is C=C[C@@]1(C)C[C@]1(F)Cl. The summed E-state index contributed by atoms with van der Waals surface area (Å²) in [5.74, 6) is 0. The van der Waals surface area contributed by atoms with Gasteiger partial charge in [-0.05, 0) is 0 Å². The lowest BCUT2D eigenvalue weighted by Crippen LogP contribution is -1.99. The number of hydrogen-bond donors (Lipinski definition) is 0. The van der Waals surface area contributed by atoms with E-state index in [9.17, 15) is 4.39 Å². The maximum atomic E-state index is 12.5. The largest absolute Gasteiger partial charge is 0.225 e. The predicted molar refractivity (Wildman–Crippen MR) is 32.6 cm³/mol. The van der Waals surface area contributed by atoms with E-state index in [0.717, 1.165) is 0 Å². The van der Waals surface area contributed by atoms with Crippen LogP contribution in [0.25, 0.3) is 0 Å². The maximum Gasteiger partial charge on any atom is 0.193 e. The fourth-order valence-electron chi connectivity index (χ4n) is 0.639. The lowest BCUT2D eigenvalue weighted by Gasteiger charge is -2.00. The van der Waals surface area contributed by atoms with Crippen LogP contribution in [0.4, 0.5) is 4.39 Å². The summed E-state index contributed by atoms with van der Waals surface area (Å²) in [6, 6.07) is 0. The van der Waals surface area contributed by atoms with Crippen molar-refractivity contribution in [3.05, 3.63) is 12.7 Å². The van der Waals surface area contributed by atoms with Crippen LogP contribution >= 0.6 is 11.6 Å². The van der Waals surface area contributed by atoms with E-state index in [-0.39, 0.29) is 0 Å². The molecule has 0 amide bonds. The first kappa shape index (κ1) is 6.09. The first-order valence-corrected chi connectivity index (χ1v) is 2.91. The van der Waals surface area contributed by atoms with E-state index in [1.165, 1.54) is 0 Å². The van der Waals surface area contributed by atoms with Crippen molar-refractivity contribution in [2.45, 2.75) is 18.5 Å². The third kappa shape index (κ3) is 0.576. The number of alkyl halides is 2. The number of hydrogen-bond acceptors (Lipinski definition) is 0. The Balaban J connectivity index is 2.68. The van der Waals surface area contributed by atoms with Gasteiger partial charge in [0.1, 0.15) is 0 Å². The molecular weight excluding hydrogens is 127 g/mol. The summed E-state index contributed by atoms with van der Waals surface area (Å²) in [5.41, 5.74) is -0.450. The molecule has 0 saturated heterocycles. The van der Waals surface area contributed by atoms with Crippen LogP contribution < -0.4 is 0 Å². The van der Waals surface area contributed by atoms with Crippen LogP contribution in [-0.2, 0) is 0 Å². The topological polar surface area (TPSA) is 0 Å². The van der Waals surface area contributed by atoms with Crippen LogP contribution in [0.3, 0.4) is 0 Å². The molecule has 0 N–H and O–H groups in total. The highest BCUT2D eigenvalue weighted by Crippen LogP contribution is 2.62. The van der Waals surface area contributed by atoms with Crippen molar-refractivity contribution in [3.8, 4) is 0 Å². The van der Waals surface area contributed by atoms with Crippen molar-refractivity contribution in [2.75, 3.05) is 0 Å². The maximum absolute atomic E-state index is 12.5. The molecule has 0 nitrogen and oxygen atoms in total. The summed E-state index contributed by atoms with van der Waals surface area (Å²) in [6.45, 7) is 5.22. The van der Waals surface area contributed by atoms with Crippen molar-refractivity contribution in [2.24, 2.45) is 5.41 Å². The van der Waals surface area contributed by atoms with E-state index in [2.05, 4.69) is 6.58 Å². The van der Waals surface area contributed by atoms with Crippen molar-refractivity contribution in [3.63, 3.8) is 0 Å². The van der Waals surface area contributed by atoms with Crippen molar-refractivity contribution in [1.29, 1.82) is 0 Å². The molecule has 0 aromatic rings. The zero-order valence-corrected chi connectivity index (χ0v) is 5.50. The van der Waals surface area contributed by atoms with E-state index < -0.39 is 10.5 Å². The minimum Gasteiger partial charge on any atom is -0.225 e. The molecule has 1 aliphatic carbocycles. The summed E-state index contributed by atoms with van der Waals surface area (Å²) >= 11 is 5.31. The molecule has 0 heterocycles. The van der Waals surface area contributed by atoms with Gasteiger partial charge in [-0.25, -0.2) is 4.39 Å². The number of rotatable bonds is 1. The monoisotopic (exact) mass is 134 g/mol. The molecule has 0 unspecified atom stereocenters. The Morgan fingerprint density at radius 1 is 1.88 bits per heavy atom. The summed E-state index contributed by atoms with van der Waals surface area (Å²) < 4.78 is 12.5. The fraction of sp³-hybridized carbons (Fsp3) is 0.667. The van der Waals surface area contributed by atoms with Gasteiger partial charge in [0.05, 0.1) is 0 Å². The van der Waals surface area contributed by atoms with Crippen molar-refractivity contribution < 1.29 is 4.39 Å². The highest BCUT2D eigenvalue weighted by molar-refractivity contribution is 6.25. The first-order chi connectivity index (χ1) is 3.52. The van der Waals surface area contributed by atoms with E-state index in [4.69, 9.17) is 11.6 Å². The Kier molecular flexibility index (Phi) is 0.965. The highest BCUT2D eigenvalue weighted by atomic mass is 35.5. The van der Waals surface area contributed by atoms with Gasteiger partial charge in [0.25, 0.3) is 0 Å². The van der Waals surface area contributed by atoms with Gasteiger partial charge in [0.15, 0.2) is 5.13 Å². The molecule has 0 spiro atoms. The number of halogens is 2. The van der Waals surface area contributed by atoms with E-state index in [0.29, 0.717) is 6.42 Å². The molecule has 8 heavy (non-hydrogen) atoms. The highest BCUT2D eigenvalue weighted by Gasteiger charge is 2.63. The predicted octanol–water partition coefficient (Wildman–Crippen LogP) is 2.49. The Labute approximate surface area is 53.3 Å². The Morgan fingerprint density at radius 3 is 2.25 bits per heavy atom. The van der Waals surface area contributed by atoms with Crippen LogP contribution in [0.5, 0.6) is 0 Å². The zero-order chi connectivity index (χ0) is 6.41. The third-order valence-electron chi connectivity index (χ3n) is 1.75. The van der Waals surface area contributed by atoms with Gasteiger partial charge in [0.2, 0.25) is 0 Å². The molecule has 1 fully saturated rings. The van der Waals surface area contributed by atoms with Gasteiger partial charge in [-0.1, -0.05) is 24.6 Å². The smallest absolute Gasteiger partial charge is 0.193 e. The normalized spacial score (nSPS) is 53.4. The van der Waals surface area contributed by atoms with Gasteiger partial charge in [0, 0.05) is 11.8 Å². The van der Waals surface area contributed by atoms with Gasteiger partial charge in [-0.2, -0.15) is 0 Å². The summed E-state index contributed by atoms with van der Waals surface area (Å²) in [5, 5.41) is -1.49. The van der Waals surface area contributed by atoms with E-state index in [1.807, 2.05) is 0 Å². The minimum atomic E-state index is -1.49. The molecule has 2 heteroatoms. The lowest BCUT2D eigenvalue weighted by molar-refractivity contribution is 0.370. The van der Waals surface area contributed by atoms with Crippen LogP contribution in [0.1, 0.15) is 13.3 Å². The number of allylic oxidation sites excluding steroid dienone is 1. The van der Waals surface area contributed by atoms with Gasteiger partial charge < -0.3 is 0 Å². The average molecular weight is 135 g/mol. The molecule has 0 bridgehead atoms. The Hall–Kier alpha value is -0.0400. The average Bonchev–Trinajstić information content (AvgIpc) is 2.10. The molecule has 0 aliphatic heterocycles. The summed E-state index contributed by atoms with van der Waals surface area (Å²) in [7, 11) is 0. The molecular formula is C6H8ClF. The molecule has 2 atom stereocenters. The first-order valence-electron chi connectivity index (χ1n) is 2.53. The van der Waals surface area contributed by atoms with Gasteiger partial charge >= 0.3 is 0 Å². The molecule has 1 saturated carbocycles. The van der Waals surface area contributed by atoms with Gasteiger partial charge in [-0.3, -0.25) is 0 Å². The molecule has 1 rings (SSSR count). The van der Waals surface area contributed by atoms with E-state index >= 15 is 0 Å². The third-order valence-corrected chi connectivity index (χ3v) is 2.32. The van der Waals surface area contributed by atoms with Crippen LogP contribution in [0.2, 0.25) is 0 Å². The second-order valence-electron chi connectivity index (χ2n) is 2.50. The second-order valence-corrected chi connectivity index (χ2v) is 3.10. The van der Waals surface area contributed by atoms with Crippen LogP contribution in [0.15, 0.2) is 12.7 Å². The molecule has 0 aromatic heterocycles. The molecule has 0 radical (unpaired) electrons. The molecule has 0 aromatic carbocycles. The standard InChI is InChI=1S/C6H8ClF/c1-3-5(2)4-6(5,7)8/h3H,1,4H2,2H3/t5-,6+/m0/s1.